The number of sulfonamides is 1. The summed E-state index contributed by atoms with van der Waals surface area (Å²) >= 11 is 0. The number of hydrogen-bond acceptors (Lipinski definition) is 3. The van der Waals surface area contributed by atoms with Crippen LogP contribution >= 0.6 is 0 Å². The van der Waals surface area contributed by atoms with E-state index in [-0.39, 0.29) is 11.2 Å². The SMILES string of the molecule is O=C1N(CC2CC2)c2ccccc2C12CCN(S(=O)(=O)C1CC1)CC2. The van der Waals surface area contributed by atoms with Crippen molar-refractivity contribution in [3.05, 3.63) is 29.8 Å². The second-order valence-corrected chi connectivity index (χ2v) is 10.3. The van der Waals surface area contributed by atoms with Gasteiger partial charge in [0.25, 0.3) is 0 Å². The van der Waals surface area contributed by atoms with Gasteiger partial charge in [-0.05, 0) is 56.1 Å². The number of hydrogen-bond donors (Lipinski definition) is 0. The van der Waals surface area contributed by atoms with Crippen LogP contribution in [0.1, 0.15) is 44.1 Å². The van der Waals surface area contributed by atoms with Crippen LogP contribution in [0.15, 0.2) is 24.3 Å². The van der Waals surface area contributed by atoms with Gasteiger partial charge in [-0.15, -0.1) is 0 Å². The zero-order chi connectivity index (χ0) is 17.2. The molecule has 1 spiro atoms. The highest BCUT2D eigenvalue weighted by atomic mass is 32.2. The number of anilines is 1. The van der Waals surface area contributed by atoms with Gasteiger partial charge in [-0.3, -0.25) is 4.79 Å². The molecule has 2 heterocycles. The highest BCUT2D eigenvalue weighted by Gasteiger charge is 2.54. The fourth-order valence-corrected chi connectivity index (χ4v) is 6.36. The lowest BCUT2D eigenvalue weighted by molar-refractivity contribution is -0.124. The molecule has 6 heteroatoms. The van der Waals surface area contributed by atoms with Crippen LogP contribution in [0, 0.1) is 5.92 Å². The minimum absolute atomic E-state index is 0.167. The molecule has 0 unspecified atom stereocenters. The highest BCUT2D eigenvalue weighted by Crippen LogP contribution is 2.49. The van der Waals surface area contributed by atoms with Crippen molar-refractivity contribution in [1.29, 1.82) is 0 Å². The predicted molar refractivity (Wildman–Crippen MR) is 95.9 cm³/mol. The molecule has 2 saturated carbocycles. The van der Waals surface area contributed by atoms with Crippen molar-refractivity contribution >= 4 is 21.6 Å². The lowest BCUT2D eigenvalue weighted by atomic mass is 9.74. The summed E-state index contributed by atoms with van der Waals surface area (Å²) in [6, 6.07) is 8.13. The van der Waals surface area contributed by atoms with Crippen molar-refractivity contribution in [3.8, 4) is 0 Å². The van der Waals surface area contributed by atoms with E-state index in [1.54, 1.807) is 4.31 Å². The Balaban J connectivity index is 1.44. The van der Waals surface area contributed by atoms with Crippen LogP contribution in [-0.4, -0.2) is 43.5 Å². The number of piperidine rings is 1. The topological polar surface area (TPSA) is 57.7 Å². The third kappa shape index (κ3) is 2.37. The van der Waals surface area contributed by atoms with Crippen LogP contribution in [0.4, 0.5) is 5.69 Å². The van der Waals surface area contributed by atoms with Gasteiger partial charge in [-0.2, -0.15) is 0 Å². The first kappa shape index (κ1) is 15.8. The van der Waals surface area contributed by atoms with Gasteiger partial charge < -0.3 is 4.90 Å². The monoisotopic (exact) mass is 360 g/mol. The van der Waals surface area contributed by atoms with E-state index in [2.05, 4.69) is 12.1 Å². The van der Waals surface area contributed by atoms with Gasteiger partial charge >= 0.3 is 0 Å². The van der Waals surface area contributed by atoms with Crippen molar-refractivity contribution < 1.29 is 13.2 Å². The molecule has 1 aromatic rings. The van der Waals surface area contributed by atoms with Crippen LogP contribution in [0.5, 0.6) is 0 Å². The standard InChI is InChI=1S/C19H24N2O3S/c22-18-19(9-11-20(12-10-19)25(23,24)15-7-8-15)16-3-1-2-4-17(16)21(18)13-14-5-6-14/h1-4,14-15H,5-13H2. The molecule has 5 nitrogen and oxygen atoms in total. The Hall–Kier alpha value is -1.40. The number of amides is 1. The second kappa shape index (κ2) is 5.30. The summed E-state index contributed by atoms with van der Waals surface area (Å²) in [5.41, 5.74) is 1.66. The molecule has 134 valence electrons. The van der Waals surface area contributed by atoms with E-state index in [1.165, 1.54) is 12.8 Å². The Labute approximate surface area is 149 Å². The molecule has 0 radical (unpaired) electrons. The molecule has 1 saturated heterocycles. The number of rotatable bonds is 4. The van der Waals surface area contributed by atoms with Crippen molar-refractivity contribution in [3.63, 3.8) is 0 Å². The molecule has 2 aliphatic carbocycles. The Morgan fingerprint density at radius 2 is 1.72 bits per heavy atom. The van der Waals surface area contributed by atoms with E-state index in [1.807, 2.05) is 17.0 Å². The maximum absolute atomic E-state index is 13.4. The third-order valence-electron chi connectivity index (χ3n) is 6.38. The maximum atomic E-state index is 13.4. The zero-order valence-corrected chi connectivity index (χ0v) is 15.2. The van der Waals surface area contributed by atoms with Crippen molar-refractivity contribution in [2.45, 2.75) is 49.2 Å². The Kier molecular flexibility index (Phi) is 3.36. The molecule has 0 atom stereocenters. The first-order valence-corrected chi connectivity index (χ1v) is 10.9. The van der Waals surface area contributed by atoms with Gasteiger partial charge in [0.05, 0.1) is 10.7 Å². The molecule has 25 heavy (non-hydrogen) atoms. The number of benzene rings is 1. The Morgan fingerprint density at radius 1 is 1.04 bits per heavy atom. The number of carbonyl (C=O) groups is 1. The first-order valence-electron chi connectivity index (χ1n) is 9.43. The third-order valence-corrected chi connectivity index (χ3v) is 8.78. The largest absolute Gasteiger partial charge is 0.311 e. The fraction of sp³-hybridized carbons (Fsp3) is 0.632. The van der Waals surface area contributed by atoms with Crippen LogP contribution in [0.2, 0.25) is 0 Å². The highest BCUT2D eigenvalue weighted by molar-refractivity contribution is 7.90. The first-order chi connectivity index (χ1) is 12.0. The van der Waals surface area contributed by atoms with Gasteiger partial charge in [-0.1, -0.05) is 18.2 Å². The smallest absolute Gasteiger partial charge is 0.237 e. The van der Waals surface area contributed by atoms with E-state index in [0.717, 1.165) is 30.6 Å². The van der Waals surface area contributed by atoms with Gasteiger partial charge in [-0.25, -0.2) is 12.7 Å². The average molecular weight is 360 g/mol. The molecule has 4 aliphatic rings. The van der Waals surface area contributed by atoms with Crippen LogP contribution in [-0.2, 0) is 20.2 Å². The summed E-state index contributed by atoms with van der Waals surface area (Å²) in [5.74, 6) is 0.839. The minimum Gasteiger partial charge on any atom is -0.311 e. The van der Waals surface area contributed by atoms with Gasteiger partial charge in [0.1, 0.15) is 0 Å². The van der Waals surface area contributed by atoms with E-state index in [4.69, 9.17) is 0 Å². The molecule has 3 fully saturated rings. The molecule has 0 aromatic heterocycles. The molecule has 0 N–H and O–H groups in total. The lowest BCUT2D eigenvalue weighted by Crippen LogP contribution is -2.50. The molecular formula is C19H24N2O3S. The normalized spacial score (nSPS) is 26.2. The van der Waals surface area contributed by atoms with E-state index < -0.39 is 15.4 Å². The van der Waals surface area contributed by atoms with E-state index in [9.17, 15) is 13.2 Å². The number of nitrogens with zero attached hydrogens (tertiary/aromatic N) is 2. The minimum atomic E-state index is -3.14. The quantitative estimate of drug-likeness (QED) is 0.828. The molecule has 1 amide bonds. The summed E-state index contributed by atoms with van der Waals surface area (Å²) in [4.78, 5) is 15.3. The second-order valence-electron chi connectivity index (χ2n) is 8.10. The summed E-state index contributed by atoms with van der Waals surface area (Å²) in [7, 11) is -3.14. The fourth-order valence-electron chi connectivity index (χ4n) is 4.52. The van der Waals surface area contributed by atoms with Crippen molar-refractivity contribution in [2.24, 2.45) is 5.92 Å². The molecule has 0 bridgehead atoms. The van der Waals surface area contributed by atoms with Crippen LogP contribution in [0.25, 0.3) is 0 Å². The summed E-state index contributed by atoms with van der Waals surface area (Å²) in [5, 5.41) is -0.167. The average Bonchev–Trinajstić information content (AvgIpc) is 3.52. The maximum Gasteiger partial charge on any atom is 0.237 e. The van der Waals surface area contributed by atoms with Gasteiger partial charge in [0.2, 0.25) is 15.9 Å². The molecule has 2 aliphatic heterocycles. The van der Waals surface area contributed by atoms with Crippen LogP contribution in [0.3, 0.4) is 0 Å². The van der Waals surface area contributed by atoms with E-state index in [0.29, 0.717) is 31.8 Å². The van der Waals surface area contributed by atoms with Crippen LogP contribution < -0.4 is 4.90 Å². The number of fused-ring (bicyclic) bond motifs is 2. The van der Waals surface area contributed by atoms with E-state index >= 15 is 0 Å². The zero-order valence-electron chi connectivity index (χ0n) is 14.4. The molecule has 5 rings (SSSR count). The summed E-state index contributed by atoms with van der Waals surface area (Å²) in [6.45, 7) is 1.76. The Bertz CT molecular complexity index is 819. The molecular weight excluding hydrogens is 336 g/mol. The number of carbonyl (C=O) groups excluding carboxylic acids is 1. The van der Waals surface area contributed by atoms with Crippen molar-refractivity contribution in [1.82, 2.24) is 4.31 Å². The summed E-state index contributed by atoms with van der Waals surface area (Å²) < 4.78 is 26.7. The lowest BCUT2D eigenvalue weighted by Gasteiger charge is -2.38. The van der Waals surface area contributed by atoms with Gasteiger partial charge in [0, 0.05) is 25.3 Å². The summed E-state index contributed by atoms with van der Waals surface area (Å²) in [6.07, 6.45) is 5.23. The Morgan fingerprint density at radius 3 is 2.36 bits per heavy atom. The van der Waals surface area contributed by atoms with Gasteiger partial charge in [0.15, 0.2) is 0 Å². The van der Waals surface area contributed by atoms with Crippen molar-refractivity contribution in [2.75, 3.05) is 24.5 Å². The number of para-hydroxylation sites is 1. The molecule has 1 aromatic carbocycles. The predicted octanol–water partition coefficient (Wildman–Crippen LogP) is 2.27.